The normalized spacial score (nSPS) is 10.5. The number of methoxy groups -OCH3 is 1. The third-order valence-corrected chi connectivity index (χ3v) is 2.77. The molecule has 0 aliphatic rings. The van der Waals surface area contributed by atoms with E-state index in [1.165, 1.54) is 0 Å². The Morgan fingerprint density at radius 2 is 2.16 bits per heavy atom. The molecule has 0 aliphatic heterocycles. The van der Waals surface area contributed by atoms with Crippen LogP contribution in [0.25, 0.3) is 10.9 Å². The van der Waals surface area contributed by atoms with Crippen LogP contribution in [0.3, 0.4) is 0 Å². The van der Waals surface area contributed by atoms with Gasteiger partial charge in [-0.15, -0.1) is 0 Å². The van der Waals surface area contributed by atoms with Gasteiger partial charge < -0.3 is 15.2 Å². The van der Waals surface area contributed by atoms with E-state index < -0.39 is 0 Å². The number of hydrogen-bond acceptors (Lipinski definition) is 5. The summed E-state index contributed by atoms with van der Waals surface area (Å²) < 4.78 is 10.7. The molecule has 1 heterocycles. The number of pyridine rings is 1. The molecule has 0 bridgehead atoms. The molecule has 100 valence electrons. The third-order valence-electron chi connectivity index (χ3n) is 2.77. The van der Waals surface area contributed by atoms with E-state index in [1.807, 2.05) is 6.92 Å². The highest BCUT2D eigenvalue weighted by atomic mass is 16.5. The zero-order valence-electron chi connectivity index (χ0n) is 11.0. The fourth-order valence-corrected chi connectivity index (χ4v) is 1.85. The summed E-state index contributed by atoms with van der Waals surface area (Å²) in [5.41, 5.74) is 6.64. The molecule has 2 N–H and O–H groups in total. The maximum absolute atomic E-state index is 11.6. The van der Waals surface area contributed by atoms with E-state index in [0.717, 1.165) is 10.9 Å². The zero-order valence-corrected chi connectivity index (χ0v) is 11.0. The second kappa shape index (κ2) is 5.67. The molecule has 5 nitrogen and oxygen atoms in total. The van der Waals surface area contributed by atoms with Crippen molar-refractivity contribution in [2.45, 2.75) is 6.92 Å². The van der Waals surface area contributed by atoms with Crippen molar-refractivity contribution in [2.24, 2.45) is 5.73 Å². The van der Waals surface area contributed by atoms with Crippen LogP contribution in [0.5, 0.6) is 11.6 Å². The van der Waals surface area contributed by atoms with E-state index in [0.29, 0.717) is 23.8 Å². The van der Waals surface area contributed by atoms with Crippen molar-refractivity contribution >= 4 is 16.7 Å². The van der Waals surface area contributed by atoms with Gasteiger partial charge in [-0.1, -0.05) is 0 Å². The van der Waals surface area contributed by atoms with E-state index in [-0.39, 0.29) is 12.3 Å². The standard InChI is InChI=1S/C14H16N2O3/c1-3-19-14-7-13(18-2)10-6-9(12(17)8-15)4-5-11(10)16-14/h4-7H,3,8,15H2,1-2H3. The first kappa shape index (κ1) is 13.3. The number of carbonyl (C=O) groups excluding carboxylic acids is 1. The minimum absolute atomic E-state index is 0.0156. The van der Waals surface area contributed by atoms with Crippen molar-refractivity contribution in [2.75, 3.05) is 20.3 Å². The third kappa shape index (κ3) is 2.66. The summed E-state index contributed by atoms with van der Waals surface area (Å²) in [5.74, 6) is 1.02. The number of ether oxygens (including phenoxy) is 2. The number of ketones is 1. The van der Waals surface area contributed by atoms with Crippen LogP contribution in [0.4, 0.5) is 0 Å². The van der Waals surface area contributed by atoms with Gasteiger partial charge in [0.2, 0.25) is 5.88 Å². The molecular weight excluding hydrogens is 244 g/mol. The highest BCUT2D eigenvalue weighted by molar-refractivity contribution is 6.01. The maximum atomic E-state index is 11.6. The molecule has 2 rings (SSSR count). The molecule has 0 unspecified atom stereocenters. The van der Waals surface area contributed by atoms with Gasteiger partial charge in [-0.05, 0) is 25.1 Å². The number of benzene rings is 1. The molecule has 0 atom stereocenters. The van der Waals surface area contributed by atoms with Crippen molar-refractivity contribution in [3.63, 3.8) is 0 Å². The first-order chi connectivity index (χ1) is 9.19. The number of nitrogens with zero attached hydrogens (tertiary/aromatic N) is 1. The largest absolute Gasteiger partial charge is 0.496 e. The molecule has 1 aromatic carbocycles. The van der Waals surface area contributed by atoms with Crippen molar-refractivity contribution in [3.05, 3.63) is 29.8 Å². The van der Waals surface area contributed by atoms with Crippen LogP contribution in [-0.4, -0.2) is 31.0 Å². The fraction of sp³-hybridized carbons (Fsp3) is 0.286. The second-order valence-electron chi connectivity index (χ2n) is 3.95. The Hall–Kier alpha value is -2.14. The van der Waals surface area contributed by atoms with Crippen molar-refractivity contribution < 1.29 is 14.3 Å². The Morgan fingerprint density at radius 3 is 2.79 bits per heavy atom. The van der Waals surface area contributed by atoms with Gasteiger partial charge in [0.05, 0.1) is 25.8 Å². The molecule has 0 saturated heterocycles. The predicted molar refractivity (Wildman–Crippen MR) is 72.8 cm³/mol. The summed E-state index contributed by atoms with van der Waals surface area (Å²) >= 11 is 0. The summed E-state index contributed by atoms with van der Waals surface area (Å²) in [5, 5.41) is 0.769. The highest BCUT2D eigenvalue weighted by Crippen LogP contribution is 2.29. The van der Waals surface area contributed by atoms with E-state index >= 15 is 0 Å². The Labute approximate surface area is 111 Å². The Kier molecular flexibility index (Phi) is 3.97. The molecule has 0 saturated carbocycles. The molecule has 1 aromatic heterocycles. The molecule has 5 heteroatoms. The molecule has 0 amide bonds. The minimum Gasteiger partial charge on any atom is -0.496 e. The van der Waals surface area contributed by atoms with Crippen LogP contribution >= 0.6 is 0 Å². The molecule has 19 heavy (non-hydrogen) atoms. The van der Waals surface area contributed by atoms with Gasteiger partial charge in [-0.2, -0.15) is 0 Å². The van der Waals surface area contributed by atoms with Crippen LogP contribution in [0.15, 0.2) is 24.3 Å². The number of hydrogen-bond donors (Lipinski definition) is 1. The van der Waals surface area contributed by atoms with E-state index in [4.69, 9.17) is 15.2 Å². The lowest BCUT2D eigenvalue weighted by Crippen LogP contribution is -2.13. The van der Waals surface area contributed by atoms with Gasteiger partial charge in [0.25, 0.3) is 0 Å². The number of rotatable bonds is 5. The van der Waals surface area contributed by atoms with Gasteiger partial charge >= 0.3 is 0 Å². The van der Waals surface area contributed by atoms with Gasteiger partial charge in [0.15, 0.2) is 5.78 Å². The first-order valence-corrected chi connectivity index (χ1v) is 6.04. The Balaban J connectivity index is 2.58. The predicted octanol–water partition coefficient (Wildman–Crippen LogP) is 1.78. The quantitative estimate of drug-likeness (QED) is 0.829. The SMILES string of the molecule is CCOc1cc(OC)c2cc(C(=O)CN)ccc2n1. The number of aromatic nitrogens is 1. The monoisotopic (exact) mass is 260 g/mol. The number of nitrogens with two attached hydrogens (primary N) is 1. The average Bonchev–Trinajstić information content (AvgIpc) is 2.45. The molecular formula is C14H16N2O3. The average molecular weight is 260 g/mol. The second-order valence-corrected chi connectivity index (χ2v) is 3.95. The minimum atomic E-state index is -0.113. The van der Waals surface area contributed by atoms with Crippen LogP contribution < -0.4 is 15.2 Å². The molecule has 2 aromatic rings. The molecule has 0 aliphatic carbocycles. The van der Waals surface area contributed by atoms with E-state index in [2.05, 4.69) is 4.98 Å². The van der Waals surface area contributed by atoms with Crippen molar-refractivity contribution in [3.8, 4) is 11.6 Å². The summed E-state index contributed by atoms with van der Waals surface area (Å²) in [6.07, 6.45) is 0. The molecule has 0 spiro atoms. The lowest BCUT2D eigenvalue weighted by molar-refractivity contribution is 0.100. The van der Waals surface area contributed by atoms with Crippen LogP contribution in [0, 0.1) is 0 Å². The smallest absolute Gasteiger partial charge is 0.217 e. The zero-order chi connectivity index (χ0) is 13.8. The number of Topliss-reactive ketones (excluding diaryl/α,β-unsaturated/α-hetero) is 1. The topological polar surface area (TPSA) is 74.4 Å². The summed E-state index contributed by atoms with van der Waals surface area (Å²) in [6.45, 7) is 2.41. The van der Waals surface area contributed by atoms with Crippen LogP contribution in [0.1, 0.15) is 17.3 Å². The van der Waals surface area contributed by atoms with Crippen LogP contribution in [-0.2, 0) is 0 Å². The Bertz CT molecular complexity index is 611. The van der Waals surface area contributed by atoms with Gasteiger partial charge in [-0.3, -0.25) is 4.79 Å². The Morgan fingerprint density at radius 1 is 1.37 bits per heavy atom. The fourth-order valence-electron chi connectivity index (χ4n) is 1.85. The lowest BCUT2D eigenvalue weighted by Gasteiger charge is -2.09. The van der Waals surface area contributed by atoms with Gasteiger partial charge in [0, 0.05) is 17.0 Å². The number of carbonyl (C=O) groups is 1. The van der Waals surface area contributed by atoms with Crippen molar-refractivity contribution in [1.29, 1.82) is 0 Å². The maximum Gasteiger partial charge on any atom is 0.217 e. The summed E-state index contributed by atoms with van der Waals surface area (Å²) in [7, 11) is 1.57. The van der Waals surface area contributed by atoms with E-state index in [1.54, 1.807) is 31.4 Å². The van der Waals surface area contributed by atoms with E-state index in [9.17, 15) is 4.79 Å². The number of fused-ring (bicyclic) bond motifs is 1. The molecule has 0 radical (unpaired) electrons. The summed E-state index contributed by atoms with van der Waals surface area (Å²) in [4.78, 5) is 16.0. The lowest BCUT2D eigenvalue weighted by atomic mass is 10.1. The highest BCUT2D eigenvalue weighted by Gasteiger charge is 2.10. The van der Waals surface area contributed by atoms with Crippen molar-refractivity contribution in [1.82, 2.24) is 4.98 Å². The van der Waals surface area contributed by atoms with Gasteiger partial charge in [0.1, 0.15) is 5.75 Å². The van der Waals surface area contributed by atoms with Gasteiger partial charge in [-0.25, -0.2) is 4.98 Å². The molecule has 0 fully saturated rings. The first-order valence-electron chi connectivity index (χ1n) is 6.04. The summed E-state index contributed by atoms with van der Waals surface area (Å²) in [6, 6.07) is 6.93. The van der Waals surface area contributed by atoms with Crippen LogP contribution in [0.2, 0.25) is 0 Å².